The maximum atomic E-state index is 4.70. The van der Waals surface area contributed by atoms with E-state index in [0.29, 0.717) is 12.0 Å². The van der Waals surface area contributed by atoms with E-state index in [-0.39, 0.29) is 0 Å². The van der Waals surface area contributed by atoms with Gasteiger partial charge in [0.05, 0.1) is 0 Å². The van der Waals surface area contributed by atoms with Crippen molar-refractivity contribution >= 4 is 5.82 Å². The highest BCUT2D eigenvalue weighted by molar-refractivity contribution is 5.38. The van der Waals surface area contributed by atoms with E-state index in [1.165, 1.54) is 25.7 Å². The van der Waals surface area contributed by atoms with Crippen LogP contribution in [-0.2, 0) is 0 Å². The summed E-state index contributed by atoms with van der Waals surface area (Å²) < 4.78 is 0. The molecular weight excluding hydrogens is 212 g/mol. The second-order valence-electron chi connectivity index (χ2n) is 5.10. The maximum absolute atomic E-state index is 4.70. The Bertz CT molecular complexity index is 381. The third kappa shape index (κ3) is 2.41. The Morgan fingerprint density at radius 3 is 2.65 bits per heavy atom. The van der Waals surface area contributed by atoms with Gasteiger partial charge in [0.25, 0.3) is 0 Å². The summed E-state index contributed by atoms with van der Waals surface area (Å²) in [4.78, 5) is 11.5. The Labute approximate surface area is 102 Å². The summed E-state index contributed by atoms with van der Waals surface area (Å²) >= 11 is 0. The molecule has 2 fully saturated rings. The van der Waals surface area contributed by atoms with Gasteiger partial charge in [-0.1, -0.05) is 0 Å². The number of anilines is 1. The molecule has 92 valence electrons. The number of hydrogen-bond donors (Lipinski definition) is 1. The van der Waals surface area contributed by atoms with E-state index in [0.717, 1.165) is 24.7 Å². The number of piperidine rings is 1. The lowest BCUT2D eigenvalue weighted by Crippen LogP contribution is -2.41. The van der Waals surface area contributed by atoms with Gasteiger partial charge in [0, 0.05) is 31.2 Å². The first-order valence-corrected chi connectivity index (χ1v) is 6.62. The van der Waals surface area contributed by atoms with Gasteiger partial charge in [-0.05, 0) is 38.8 Å². The highest BCUT2D eigenvalue weighted by atomic mass is 15.2. The Balaban J connectivity index is 1.69. The molecule has 1 saturated carbocycles. The van der Waals surface area contributed by atoms with Crippen molar-refractivity contribution in [3.63, 3.8) is 0 Å². The van der Waals surface area contributed by atoms with Crippen molar-refractivity contribution < 1.29 is 0 Å². The first-order chi connectivity index (χ1) is 8.36. The summed E-state index contributed by atoms with van der Waals surface area (Å²) in [5.41, 5.74) is 0. The van der Waals surface area contributed by atoms with Crippen LogP contribution >= 0.6 is 0 Å². The quantitative estimate of drug-likeness (QED) is 0.858. The van der Waals surface area contributed by atoms with Gasteiger partial charge in [-0.2, -0.15) is 0 Å². The number of nitrogens with one attached hydrogen (secondary N) is 1. The fourth-order valence-corrected chi connectivity index (χ4v) is 2.48. The average Bonchev–Trinajstić information content (AvgIpc) is 3.23. The van der Waals surface area contributed by atoms with Crippen molar-refractivity contribution in [2.24, 2.45) is 0 Å². The minimum atomic E-state index is 0.643. The van der Waals surface area contributed by atoms with Gasteiger partial charge in [0.2, 0.25) is 0 Å². The SMILES string of the molecule is CNC1CCN(c2ccnc(C3CC3)n2)CC1. The molecule has 0 atom stereocenters. The smallest absolute Gasteiger partial charge is 0.133 e. The molecule has 1 aromatic rings. The molecule has 2 heterocycles. The predicted octanol–water partition coefficient (Wildman–Crippen LogP) is 1.54. The lowest BCUT2D eigenvalue weighted by atomic mass is 10.1. The summed E-state index contributed by atoms with van der Waals surface area (Å²) in [5.74, 6) is 2.82. The van der Waals surface area contributed by atoms with Gasteiger partial charge in [-0.15, -0.1) is 0 Å². The van der Waals surface area contributed by atoms with E-state index < -0.39 is 0 Å². The second-order valence-corrected chi connectivity index (χ2v) is 5.10. The van der Waals surface area contributed by atoms with Gasteiger partial charge in [0.1, 0.15) is 11.6 Å². The van der Waals surface area contributed by atoms with Gasteiger partial charge in [-0.3, -0.25) is 0 Å². The van der Waals surface area contributed by atoms with Crippen LogP contribution in [0.25, 0.3) is 0 Å². The van der Waals surface area contributed by atoms with Crippen LogP contribution in [-0.4, -0.2) is 36.1 Å². The fraction of sp³-hybridized carbons (Fsp3) is 0.692. The molecule has 1 N–H and O–H groups in total. The van der Waals surface area contributed by atoms with Crippen LogP contribution in [0.4, 0.5) is 5.82 Å². The van der Waals surface area contributed by atoms with Crippen LogP contribution in [0.5, 0.6) is 0 Å². The van der Waals surface area contributed by atoms with Crippen molar-refractivity contribution in [3.8, 4) is 0 Å². The van der Waals surface area contributed by atoms with E-state index in [1.807, 2.05) is 12.3 Å². The molecule has 1 aliphatic heterocycles. The summed E-state index contributed by atoms with van der Waals surface area (Å²) in [5, 5.41) is 3.36. The number of hydrogen-bond acceptors (Lipinski definition) is 4. The van der Waals surface area contributed by atoms with E-state index in [9.17, 15) is 0 Å². The normalized spacial score (nSPS) is 21.8. The zero-order chi connectivity index (χ0) is 11.7. The first-order valence-electron chi connectivity index (χ1n) is 6.62. The molecule has 1 aliphatic carbocycles. The molecule has 17 heavy (non-hydrogen) atoms. The Morgan fingerprint density at radius 1 is 1.24 bits per heavy atom. The molecule has 0 aromatic carbocycles. The molecule has 3 rings (SSSR count). The second kappa shape index (κ2) is 4.61. The molecule has 4 nitrogen and oxygen atoms in total. The minimum Gasteiger partial charge on any atom is -0.356 e. The van der Waals surface area contributed by atoms with E-state index in [1.54, 1.807) is 0 Å². The molecule has 0 unspecified atom stereocenters. The topological polar surface area (TPSA) is 41.0 Å². The van der Waals surface area contributed by atoms with Crippen LogP contribution < -0.4 is 10.2 Å². The van der Waals surface area contributed by atoms with Crippen molar-refractivity contribution in [2.45, 2.75) is 37.6 Å². The molecule has 0 radical (unpaired) electrons. The molecule has 0 bridgehead atoms. The third-order valence-electron chi connectivity index (χ3n) is 3.83. The van der Waals surface area contributed by atoms with Gasteiger partial charge >= 0.3 is 0 Å². The number of nitrogens with zero attached hydrogens (tertiary/aromatic N) is 3. The minimum absolute atomic E-state index is 0.643. The van der Waals surface area contributed by atoms with Crippen molar-refractivity contribution in [2.75, 3.05) is 25.0 Å². The largest absolute Gasteiger partial charge is 0.356 e. The summed E-state index contributed by atoms with van der Waals surface area (Å²) in [7, 11) is 2.05. The first kappa shape index (κ1) is 11.0. The summed E-state index contributed by atoms with van der Waals surface area (Å²) in [6.07, 6.45) is 6.87. The Kier molecular flexibility index (Phi) is 2.97. The predicted molar refractivity (Wildman–Crippen MR) is 68.3 cm³/mol. The molecule has 0 amide bonds. The average molecular weight is 232 g/mol. The monoisotopic (exact) mass is 232 g/mol. The van der Waals surface area contributed by atoms with Crippen molar-refractivity contribution in [3.05, 3.63) is 18.1 Å². The highest BCUT2D eigenvalue weighted by Gasteiger charge is 2.27. The lowest BCUT2D eigenvalue weighted by molar-refractivity contribution is 0.440. The van der Waals surface area contributed by atoms with Crippen LogP contribution in [0.15, 0.2) is 12.3 Å². The number of aromatic nitrogens is 2. The van der Waals surface area contributed by atoms with Crippen molar-refractivity contribution in [1.82, 2.24) is 15.3 Å². The van der Waals surface area contributed by atoms with E-state index in [2.05, 4.69) is 22.2 Å². The number of rotatable bonds is 3. The third-order valence-corrected chi connectivity index (χ3v) is 3.83. The summed E-state index contributed by atoms with van der Waals surface area (Å²) in [6, 6.07) is 2.72. The standard InChI is InChI=1S/C13H20N4/c1-14-11-5-8-17(9-6-11)12-4-7-15-13(16-12)10-2-3-10/h4,7,10-11,14H,2-3,5-6,8-9H2,1H3. The van der Waals surface area contributed by atoms with Crippen molar-refractivity contribution in [1.29, 1.82) is 0 Å². The molecule has 4 heteroatoms. The van der Waals surface area contributed by atoms with E-state index >= 15 is 0 Å². The summed E-state index contributed by atoms with van der Waals surface area (Å²) in [6.45, 7) is 2.21. The van der Waals surface area contributed by atoms with Crippen LogP contribution in [0.3, 0.4) is 0 Å². The van der Waals surface area contributed by atoms with Crippen LogP contribution in [0.1, 0.15) is 37.4 Å². The van der Waals surface area contributed by atoms with Gasteiger partial charge < -0.3 is 10.2 Å². The van der Waals surface area contributed by atoms with E-state index in [4.69, 9.17) is 4.98 Å². The lowest BCUT2D eigenvalue weighted by Gasteiger charge is -2.32. The zero-order valence-corrected chi connectivity index (χ0v) is 10.4. The molecule has 1 saturated heterocycles. The molecular formula is C13H20N4. The maximum Gasteiger partial charge on any atom is 0.133 e. The Morgan fingerprint density at radius 2 is 2.00 bits per heavy atom. The zero-order valence-electron chi connectivity index (χ0n) is 10.4. The molecule has 0 spiro atoms. The highest BCUT2D eigenvalue weighted by Crippen LogP contribution is 2.38. The van der Waals surface area contributed by atoms with Gasteiger partial charge in [-0.25, -0.2) is 9.97 Å². The van der Waals surface area contributed by atoms with Crippen LogP contribution in [0.2, 0.25) is 0 Å². The fourth-order valence-electron chi connectivity index (χ4n) is 2.48. The molecule has 1 aromatic heterocycles. The molecule has 2 aliphatic rings. The van der Waals surface area contributed by atoms with Crippen LogP contribution in [0, 0.1) is 0 Å². The van der Waals surface area contributed by atoms with Gasteiger partial charge in [0.15, 0.2) is 0 Å². The Hall–Kier alpha value is -1.16.